The molecular formula is C12H17N3O4S. The molecule has 0 fully saturated rings. The van der Waals surface area contributed by atoms with Crippen molar-refractivity contribution in [3.63, 3.8) is 0 Å². The van der Waals surface area contributed by atoms with E-state index in [1.165, 1.54) is 18.3 Å². The molecule has 3 N–H and O–H groups in total. The molecule has 2 atom stereocenters. The Bertz CT molecular complexity index is 521. The molecule has 0 bridgehead atoms. The van der Waals surface area contributed by atoms with Crippen molar-refractivity contribution in [2.75, 3.05) is 12.0 Å². The minimum Gasteiger partial charge on any atom is -0.478 e. The van der Waals surface area contributed by atoms with Gasteiger partial charge in [-0.15, -0.1) is 0 Å². The lowest BCUT2D eigenvalue weighted by molar-refractivity contribution is 0.0696. The molecule has 0 aliphatic heterocycles. The number of carbonyl (C=O) groups excluding carboxylic acids is 1. The van der Waals surface area contributed by atoms with E-state index in [0.29, 0.717) is 11.4 Å². The number of nitrogens with one attached hydrogen (secondary N) is 2. The van der Waals surface area contributed by atoms with Crippen LogP contribution in [0.4, 0.5) is 4.79 Å². The van der Waals surface area contributed by atoms with Crippen molar-refractivity contribution in [2.45, 2.75) is 19.5 Å². The first kappa shape index (κ1) is 16.1. The molecule has 0 aliphatic carbocycles. The zero-order valence-corrected chi connectivity index (χ0v) is 12.1. The van der Waals surface area contributed by atoms with Crippen LogP contribution in [0, 0.1) is 0 Å². The Morgan fingerprint density at radius 2 is 2.20 bits per heavy atom. The Kier molecular flexibility index (Phi) is 6.10. The fourth-order valence-electron chi connectivity index (χ4n) is 1.55. The fraction of sp³-hybridized carbons (Fsp3) is 0.417. The summed E-state index contributed by atoms with van der Waals surface area (Å²) in [6.07, 6.45) is 2.94. The average molecular weight is 299 g/mol. The van der Waals surface area contributed by atoms with Crippen LogP contribution < -0.4 is 10.6 Å². The van der Waals surface area contributed by atoms with Crippen LogP contribution in [0.5, 0.6) is 0 Å². The summed E-state index contributed by atoms with van der Waals surface area (Å²) in [4.78, 5) is 26.3. The van der Waals surface area contributed by atoms with Crippen LogP contribution in [0.25, 0.3) is 0 Å². The SMILES string of the molecule is CC(CS(C)=O)NC(=O)NCc1cc(C(=O)O)ccn1. The maximum atomic E-state index is 11.6. The number of nitrogens with zero attached hydrogens (tertiary/aromatic N) is 1. The minimum atomic E-state index is -1.04. The van der Waals surface area contributed by atoms with E-state index in [-0.39, 0.29) is 18.2 Å². The summed E-state index contributed by atoms with van der Waals surface area (Å²) in [5.74, 6) is -0.669. The summed E-state index contributed by atoms with van der Waals surface area (Å²) in [7, 11) is -0.980. The quantitative estimate of drug-likeness (QED) is 0.702. The highest BCUT2D eigenvalue weighted by Crippen LogP contribution is 2.01. The molecule has 0 spiro atoms. The third kappa shape index (κ3) is 5.79. The van der Waals surface area contributed by atoms with Crippen molar-refractivity contribution in [3.05, 3.63) is 29.6 Å². The third-order valence-corrected chi connectivity index (χ3v) is 3.33. The fourth-order valence-corrected chi connectivity index (χ4v) is 2.33. The topological polar surface area (TPSA) is 108 Å². The largest absolute Gasteiger partial charge is 0.478 e. The van der Waals surface area contributed by atoms with Gasteiger partial charge in [0.15, 0.2) is 0 Å². The molecule has 1 rings (SSSR count). The van der Waals surface area contributed by atoms with Crippen LogP contribution in [-0.2, 0) is 17.3 Å². The molecule has 0 saturated heterocycles. The Morgan fingerprint density at radius 3 is 2.80 bits per heavy atom. The van der Waals surface area contributed by atoms with Gasteiger partial charge < -0.3 is 15.7 Å². The molecule has 1 aromatic rings. The number of rotatable bonds is 6. The molecule has 20 heavy (non-hydrogen) atoms. The standard InChI is InChI=1S/C12H17N3O4S/c1-8(7-20(2)19)15-12(18)14-6-10-5-9(11(16)17)3-4-13-10/h3-5,8H,6-7H2,1-2H3,(H,16,17)(H2,14,15,18). The number of aromatic carboxylic acids is 1. The lowest BCUT2D eigenvalue weighted by atomic mass is 10.2. The van der Waals surface area contributed by atoms with Crippen molar-refractivity contribution in [3.8, 4) is 0 Å². The van der Waals surface area contributed by atoms with E-state index >= 15 is 0 Å². The van der Waals surface area contributed by atoms with E-state index in [0.717, 1.165) is 0 Å². The van der Waals surface area contributed by atoms with Crippen molar-refractivity contribution < 1.29 is 18.9 Å². The predicted octanol–water partition coefficient (Wildman–Crippen LogP) is 0.346. The van der Waals surface area contributed by atoms with Gasteiger partial charge in [0, 0.05) is 35.0 Å². The average Bonchev–Trinajstić information content (AvgIpc) is 2.35. The monoisotopic (exact) mass is 299 g/mol. The van der Waals surface area contributed by atoms with E-state index in [2.05, 4.69) is 15.6 Å². The van der Waals surface area contributed by atoms with Crippen LogP contribution in [0.1, 0.15) is 23.0 Å². The number of hydrogen-bond acceptors (Lipinski definition) is 4. The Hall–Kier alpha value is -1.96. The van der Waals surface area contributed by atoms with Gasteiger partial charge in [0.05, 0.1) is 17.8 Å². The van der Waals surface area contributed by atoms with E-state index in [1.807, 2.05) is 0 Å². The number of urea groups is 1. The summed E-state index contributed by atoms with van der Waals surface area (Å²) < 4.78 is 11.0. The van der Waals surface area contributed by atoms with Gasteiger partial charge in [-0.05, 0) is 19.1 Å². The third-order valence-electron chi connectivity index (χ3n) is 2.36. The molecular weight excluding hydrogens is 282 g/mol. The normalized spacial score (nSPS) is 13.3. The van der Waals surface area contributed by atoms with Gasteiger partial charge in [-0.1, -0.05) is 0 Å². The highest BCUT2D eigenvalue weighted by molar-refractivity contribution is 7.84. The lowest BCUT2D eigenvalue weighted by Gasteiger charge is -2.13. The van der Waals surface area contributed by atoms with Gasteiger partial charge in [-0.25, -0.2) is 9.59 Å². The lowest BCUT2D eigenvalue weighted by Crippen LogP contribution is -2.42. The van der Waals surface area contributed by atoms with Crippen LogP contribution in [-0.4, -0.2) is 44.4 Å². The van der Waals surface area contributed by atoms with E-state index in [9.17, 15) is 13.8 Å². The molecule has 0 aliphatic rings. The summed E-state index contributed by atoms with van der Waals surface area (Å²) in [5.41, 5.74) is 0.568. The molecule has 0 saturated carbocycles. The molecule has 7 nitrogen and oxygen atoms in total. The second-order valence-corrected chi connectivity index (χ2v) is 5.79. The molecule has 0 aromatic carbocycles. The number of carboxylic acid groups (broad SMARTS) is 1. The van der Waals surface area contributed by atoms with E-state index in [4.69, 9.17) is 5.11 Å². The van der Waals surface area contributed by atoms with Crippen LogP contribution >= 0.6 is 0 Å². The number of carbonyl (C=O) groups is 2. The van der Waals surface area contributed by atoms with Crippen molar-refractivity contribution >= 4 is 22.8 Å². The zero-order valence-electron chi connectivity index (χ0n) is 11.3. The van der Waals surface area contributed by atoms with Crippen LogP contribution in [0.3, 0.4) is 0 Å². The number of hydrogen-bond donors (Lipinski definition) is 3. The van der Waals surface area contributed by atoms with Gasteiger partial charge in [-0.2, -0.15) is 0 Å². The van der Waals surface area contributed by atoms with Gasteiger partial charge in [0.25, 0.3) is 0 Å². The van der Waals surface area contributed by atoms with Gasteiger partial charge in [-0.3, -0.25) is 9.19 Å². The van der Waals surface area contributed by atoms with Crippen molar-refractivity contribution in [1.82, 2.24) is 15.6 Å². The molecule has 110 valence electrons. The van der Waals surface area contributed by atoms with Crippen molar-refractivity contribution in [1.29, 1.82) is 0 Å². The summed E-state index contributed by atoms with van der Waals surface area (Å²) >= 11 is 0. The molecule has 8 heteroatoms. The second kappa shape index (κ2) is 7.59. The Balaban J connectivity index is 2.46. The molecule has 1 heterocycles. The molecule has 2 amide bonds. The highest BCUT2D eigenvalue weighted by atomic mass is 32.2. The highest BCUT2D eigenvalue weighted by Gasteiger charge is 2.09. The molecule has 0 radical (unpaired) electrons. The number of carboxylic acids is 1. The number of aromatic nitrogens is 1. The molecule has 1 aromatic heterocycles. The Labute approximate surface area is 119 Å². The zero-order chi connectivity index (χ0) is 15.1. The first-order chi connectivity index (χ1) is 9.38. The van der Waals surface area contributed by atoms with Crippen LogP contribution in [0.2, 0.25) is 0 Å². The van der Waals surface area contributed by atoms with Gasteiger partial charge >= 0.3 is 12.0 Å². The summed E-state index contributed by atoms with van der Waals surface area (Å²) in [5, 5.41) is 14.0. The number of pyridine rings is 1. The minimum absolute atomic E-state index is 0.118. The van der Waals surface area contributed by atoms with Crippen LogP contribution in [0.15, 0.2) is 18.3 Å². The summed E-state index contributed by atoms with van der Waals surface area (Å²) in [6.45, 7) is 1.87. The van der Waals surface area contributed by atoms with Crippen molar-refractivity contribution in [2.24, 2.45) is 0 Å². The first-order valence-corrected chi connectivity index (χ1v) is 7.64. The number of amides is 2. The van der Waals surface area contributed by atoms with E-state index < -0.39 is 22.8 Å². The van der Waals surface area contributed by atoms with Gasteiger partial charge in [0.1, 0.15) is 0 Å². The first-order valence-electron chi connectivity index (χ1n) is 5.91. The maximum Gasteiger partial charge on any atom is 0.335 e. The molecule has 2 unspecified atom stereocenters. The predicted molar refractivity (Wildman–Crippen MR) is 75.0 cm³/mol. The van der Waals surface area contributed by atoms with Gasteiger partial charge in [0.2, 0.25) is 0 Å². The smallest absolute Gasteiger partial charge is 0.335 e. The maximum absolute atomic E-state index is 11.6. The second-order valence-electron chi connectivity index (χ2n) is 4.31. The Morgan fingerprint density at radius 1 is 1.50 bits per heavy atom. The van der Waals surface area contributed by atoms with E-state index in [1.54, 1.807) is 13.2 Å². The summed E-state index contributed by atoms with van der Waals surface area (Å²) in [6, 6.07) is 2.15.